The van der Waals surface area contributed by atoms with Gasteiger partial charge in [-0.2, -0.15) is 0 Å². The number of hydrogen-bond acceptors (Lipinski definition) is 2. The molecule has 0 spiro atoms. The molecule has 0 aliphatic carbocycles. The lowest BCUT2D eigenvalue weighted by Gasteiger charge is -2.14. The van der Waals surface area contributed by atoms with Crippen LogP contribution in [-0.4, -0.2) is 11.5 Å². The number of halogens is 2. The van der Waals surface area contributed by atoms with Crippen molar-refractivity contribution in [1.29, 1.82) is 0 Å². The molecule has 1 aromatic carbocycles. The quantitative estimate of drug-likeness (QED) is 0.893. The first-order chi connectivity index (χ1) is 9.43. The average molecular weight is 278 g/mol. The van der Waals surface area contributed by atoms with E-state index < -0.39 is 11.6 Å². The maximum atomic E-state index is 14.3. The molecule has 4 heteroatoms. The third-order valence-electron chi connectivity index (χ3n) is 3.19. The highest BCUT2D eigenvalue weighted by Crippen LogP contribution is 2.30. The Balaban J connectivity index is 2.74. The predicted molar refractivity (Wildman–Crippen MR) is 79.1 cm³/mol. The van der Waals surface area contributed by atoms with Gasteiger partial charge in [-0.05, 0) is 43.9 Å². The van der Waals surface area contributed by atoms with Gasteiger partial charge < -0.3 is 5.32 Å². The van der Waals surface area contributed by atoms with E-state index in [1.165, 1.54) is 6.07 Å². The summed E-state index contributed by atoms with van der Waals surface area (Å²) >= 11 is 0. The van der Waals surface area contributed by atoms with Crippen molar-refractivity contribution in [2.24, 2.45) is 5.92 Å². The van der Waals surface area contributed by atoms with Crippen LogP contribution < -0.4 is 5.32 Å². The van der Waals surface area contributed by atoms with E-state index in [4.69, 9.17) is 0 Å². The van der Waals surface area contributed by atoms with Crippen LogP contribution in [0.1, 0.15) is 32.0 Å². The van der Waals surface area contributed by atoms with E-state index in [0.717, 1.165) is 12.1 Å². The maximum absolute atomic E-state index is 14.3. The monoisotopic (exact) mass is 278 g/mol. The molecule has 2 aromatic rings. The van der Waals surface area contributed by atoms with Crippen molar-refractivity contribution in [2.75, 3.05) is 11.9 Å². The summed E-state index contributed by atoms with van der Waals surface area (Å²) in [6.07, 6.45) is 0.739. The van der Waals surface area contributed by atoms with Gasteiger partial charge in [-0.25, -0.2) is 13.8 Å². The molecule has 0 aliphatic rings. The van der Waals surface area contributed by atoms with Gasteiger partial charge in [0.05, 0.1) is 5.39 Å². The molecule has 0 saturated carbocycles. The average Bonchev–Trinajstić information content (AvgIpc) is 2.35. The molecule has 2 rings (SSSR count). The smallest absolute Gasteiger partial charge is 0.149 e. The summed E-state index contributed by atoms with van der Waals surface area (Å²) in [5.41, 5.74) is 1.81. The van der Waals surface area contributed by atoms with Crippen LogP contribution >= 0.6 is 0 Å². The summed E-state index contributed by atoms with van der Waals surface area (Å²) in [5.74, 6) is -0.461. The van der Waals surface area contributed by atoms with Crippen molar-refractivity contribution in [3.63, 3.8) is 0 Å². The number of aromatic nitrogens is 1. The molecule has 1 aromatic heterocycles. The van der Waals surface area contributed by atoms with Gasteiger partial charge in [0.2, 0.25) is 0 Å². The third kappa shape index (κ3) is 2.74. The zero-order valence-corrected chi connectivity index (χ0v) is 12.3. The molecule has 1 N–H and O–H groups in total. The van der Waals surface area contributed by atoms with Crippen LogP contribution in [0.5, 0.6) is 0 Å². The summed E-state index contributed by atoms with van der Waals surface area (Å²) in [5, 5.41) is 3.36. The van der Waals surface area contributed by atoms with Crippen molar-refractivity contribution in [3.8, 4) is 0 Å². The van der Waals surface area contributed by atoms with E-state index in [1.807, 2.05) is 13.0 Å². The Hall–Kier alpha value is -1.71. The summed E-state index contributed by atoms with van der Waals surface area (Å²) < 4.78 is 28.4. The Morgan fingerprint density at radius 1 is 1.25 bits per heavy atom. The SMILES string of the molecule is CCNc1cc(CC(C)C)nc2c(F)cc(C)c(F)c12. The highest BCUT2D eigenvalue weighted by atomic mass is 19.1. The lowest BCUT2D eigenvalue weighted by atomic mass is 10.0. The second kappa shape index (κ2) is 5.73. The van der Waals surface area contributed by atoms with E-state index in [9.17, 15) is 8.78 Å². The summed E-state index contributed by atoms with van der Waals surface area (Å²) in [4.78, 5) is 4.30. The van der Waals surface area contributed by atoms with Crippen LogP contribution in [0, 0.1) is 24.5 Å². The van der Waals surface area contributed by atoms with Crippen LogP contribution in [0.3, 0.4) is 0 Å². The van der Waals surface area contributed by atoms with Crippen LogP contribution in [0.25, 0.3) is 10.9 Å². The number of benzene rings is 1. The molecular formula is C16H20F2N2. The lowest BCUT2D eigenvalue weighted by Crippen LogP contribution is -2.05. The molecule has 20 heavy (non-hydrogen) atoms. The highest BCUT2D eigenvalue weighted by Gasteiger charge is 2.16. The van der Waals surface area contributed by atoms with Crippen molar-refractivity contribution >= 4 is 16.6 Å². The summed E-state index contributed by atoms with van der Waals surface area (Å²) in [7, 11) is 0. The van der Waals surface area contributed by atoms with Crippen LogP contribution in [0.2, 0.25) is 0 Å². The lowest BCUT2D eigenvalue weighted by molar-refractivity contribution is 0.604. The second-order valence-electron chi connectivity index (χ2n) is 5.50. The predicted octanol–water partition coefficient (Wildman–Crippen LogP) is 4.45. The molecule has 0 unspecified atom stereocenters. The number of nitrogens with zero attached hydrogens (tertiary/aromatic N) is 1. The van der Waals surface area contributed by atoms with Crippen LogP contribution in [0.15, 0.2) is 12.1 Å². The molecule has 0 radical (unpaired) electrons. The maximum Gasteiger partial charge on any atom is 0.149 e. The molecule has 0 amide bonds. The van der Waals surface area contributed by atoms with Gasteiger partial charge in [0.1, 0.15) is 17.2 Å². The number of pyridine rings is 1. The van der Waals surface area contributed by atoms with Crippen molar-refractivity contribution in [1.82, 2.24) is 4.98 Å². The normalized spacial score (nSPS) is 11.3. The van der Waals surface area contributed by atoms with E-state index in [-0.39, 0.29) is 10.9 Å². The number of anilines is 1. The first-order valence-corrected chi connectivity index (χ1v) is 6.96. The first-order valence-electron chi connectivity index (χ1n) is 6.96. The first kappa shape index (κ1) is 14.7. The third-order valence-corrected chi connectivity index (χ3v) is 3.19. The molecule has 1 heterocycles. The Morgan fingerprint density at radius 3 is 2.55 bits per heavy atom. The molecule has 0 aliphatic heterocycles. The van der Waals surface area contributed by atoms with Gasteiger partial charge in [0.25, 0.3) is 0 Å². The number of hydrogen-bond donors (Lipinski definition) is 1. The van der Waals surface area contributed by atoms with Crippen molar-refractivity contribution in [3.05, 3.63) is 35.0 Å². The van der Waals surface area contributed by atoms with Crippen LogP contribution in [-0.2, 0) is 6.42 Å². The van der Waals surface area contributed by atoms with Crippen LogP contribution in [0.4, 0.5) is 14.5 Å². The van der Waals surface area contributed by atoms with Crippen molar-refractivity contribution < 1.29 is 8.78 Å². The van der Waals surface area contributed by atoms with Gasteiger partial charge in [0, 0.05) is 17.9 Å². The second-order valence-corrected chi connectivity index (χ2v) is 5.50. The fourth-order valence-corrected chi connectivity index (χ4v) is 2.36. The molecular weight excluding hydrogens is 258 g/mol. The summed E-state index contributed by atoms with van der Waals surface area (Å²) in [6, 6.07) is 3.04. The number of rotatable bonds is 4. The number of fused-ring (bicyclic) bond motifs is 1. The van der Waals surface area contributed by atoms with Gasteiger partial charge in [0.15, 0.2) is 0 Å². The Labute approximate surface area is 118 Å². The fraction of sp³-hybridized carbons (Fsp3) is 0.438. The fourth-order valence-electron chi connectivity index (χ4n) is 2.36. The van der Waals surface area contributed by atoms with E-state index in [1.54, 1.807) is 6.92 Å². The van der Waals surface area contributed by atoms with Gasteiger partial charge in [-0.1, -0.05) is 13.8 Å². The Bertz CT molecular complexity index is 636. The number of nitrogens with one attached hydrogen (secondary N) is 1. The largest absolute Gasteiger partial charge is 0.385 e. The molecule has 0 atom stereocenters. The van der Waals surface area contributed by atoms with Gasteiger partial charge in [-0.15, -0.1) is 0 Å². The van der Waals surface area contributed by atoms with Crippen molar-refractivity contribution in [2.45, 2.75) is 34.1 Å². The van der Waals surface area contributed by atoms with E-state index in [2.05, 4.69) is 24.1 Å². The molecule has 0 saturated heterocycles. The minimum Gasteiger partial charge on any atom is -0.385 e. The molecule has 2 nitrogen and oxygen atoms in total. The molecule has 0 fully saturated rings. The molecule has 0 bridgehead atoms. The highest BCUT2D eigenvalue weighted by molar-refractivity contribution is 5.93. The van der Waals surface area contributed by atoms with Gasteiger partial charge in [-0.3, -0.25) is 0 Å². The zero-order chi connectivity index (χ0) is 14.9. The molecule has 108 valence electrons. The minimum atomic E-state index is -0.469. The van der Waals surface area contributed by atoms with E-state index >= 15 is 0 Å². The standard InChI is InChI=1S/C16H20F2N2/c1-5-19-13-8-11(6-9(2)3)20-16-12(17)7-10(4)15(18)14(13)16/h7-9H,5-6H2,1-4H3,(H,19,20). The zero-order valence-electron chi connectivity index (χ0n) is 12.3. The number of aryl methyl sites for hydroxylation is 1. The van der Waals surface area contributed by atoms with Gasteiger partial charge >= 0.3 is 0 Å². The minimum absolute atomic E-state index is 0.113. The Morgan fingerprint density at radius 2 is 1.95 bits per heavy atom. The summed E-state index contributed by atoms with van der Waals surface area (Å²) in [6.45, 7) is 8.29. The Kier molecular flexibility index (Phi) is 4.21. The topological polar surface area (TPSA) is 24.9 Å². The van der Waals surface area contributed by atoms with E-state index in [0.29, 0.717) is 23.7 Å².